The largest absolute Gasteiger partial charge is 0.495 e. The van der Waals surface area contributed by atoms with Crippen LogP contribution in [-0.2, 0) is 17.8 Å². The highest BCUT2D eigenvalue weighted by Crippen LogP contribution is 2.40. The molecule has 0 saturated heterocycles. The Labute approximate surface area is 185 Å². The number of aromatic nitrogens is 2. The Balaban J connectivity index is 1.74. The zero-order chi connectivity index (χ0) is 21.8. The van der Waals surface area contributed by atoms with Gasteiger partial charge in [-0.3, -0.25) is 14.7 Å². The van der Waals surface area contributed by atoms with Crippen molar-refractivity contribution in [2.24, 2.45) is 0 Å². The van der Waals surface area contributed by atoms with Gasteiger partial charge in [-0.15, -0.1) is 0 Å². The third-order valence-electron chi connectivity index (χ3n) is 4.97. The molecule has 0 radical (unpaired) electrons. The normalized spacial score (nSPS) is 10.8. The van der Waals surface area contributed by atoms with Crippen molar-refractivity contribution in [2.45, 2.75) is 19.9 Å². The quantitative estimate of drug-likeness (QED) is 0.419. The van der Waals surface area contributed by atoms with E-state index in [1.54, 1.807) is 31.5 Å². The van der Waals surface area contributed by atoms with Gasteiger partial charge in [-0.2, -0.15) is 0 Å². The van der Waals surface area contributed by atoms with Crippen LogP contribution in [0.25, 0.3) is 10.2 Å². The van der Waals surface area contributed by atoms with Crippen LogP contribution < -0.4 is 14.4 Å². The Morgan fingerprint density at radius 1 is 1.00 bits per heavy atom. The molecule has 0 atom stereocenters. The fraction of sp³-hybridized carbons (Fsp3) is 0.208. The van der Waals surface area contributed by atoms with E-state index in [-0.39, 0.29) is 12.3 Å². The van der Waals surface area contributed by atoms with E-state index < -0.39 is 0 Å². The van der Waals surface area contributed by atoms with Crippen LogP contribution in [0.1, 0.15) is 16.7 Å². The summed E-state index contributed by atoms with van der Waals surface area (Å²) in [4.78, 5) is 24.1. The van der Waals surface area contributed by atoms with E-state index in [1.807, 2.05) is 55.5 Å². The SMILES string of the molecule is COc1ccc(OC)c2sc(N(Cc3cccnc3)C(=O)Cc3ccc(C)cc3)nc12. The molecule has 0 aliphatic heterocycles. The minimum Gasteiger partial charge on any atom is -0.495 e. The summed E-state index contributed by atoms with van der Waals surface area (Å²) >= 11 is 1.42. The third kappa shape index (κ3) is 4.51. The fourth-order valence-corrected chi connectivity index (χ4v) is 4.39. The first-order chi connectivity index (χ1) is 15.1. The molecule has 6 nitrogen and oxygen atoms in total. The van der Waals surface area contributed by atoms with Gasteiger partial charge in [0.25, 0.3) is 0 Å². The Hall–Kier alpha value is -3.45. The van der Waals surface area contributed by atoms with Crippen molar-refractivity contribution < 1.29 is 14.3 Å². The number of hydrogen-bond donors (Lipinski definition) is 0. The molecular formula is C24H23N3O3S. The van der Waals surface area contributed by atoms with E-state index in [9.17, 15) is 4.79 Å². The number of benzene rings is 2. The standard InChI is InChI=1S/C24H23N3O3S/c1-16-6-8-17(9-7-16)13-21(28)27(15-18-5-4-12-25-14-18)24-26-22-19(29-2)10-11-20(30-3)23(22)31-24/h4-12,14H,13,15H2,1-3H3. The fourth-order valence-electron chi connectivity index (χ4n) is 3.30. The molecule has 31 heavy (non-hydrogen) atoms. The number of ether oxygens (including phenoxy) is 2. The van der Waals surface area contributed by atoms with E-state index >= 15 is 0 Å². The Kier molecular flexibility index (Phi) is 6.13. The molecule has 0 aliphatic carbocycles. The number of aryl methyl sites for hydroxylation is 1. The second-order valence-corrected chi connectivity index (χ2v) is 8.13. The number of thiazole rings is 1. The van der Waals surface area contributed by atoms with E-state index in [0.717, 1.165) is 21.4 Å². The molecule has 0 fully saturated rings. The van der Waals surface area contributed by atoms with Gasteiger partial charge in [0.05, 0.1) is 27.2 Å². The predicted molar refractivity (Wildman–Crippen MR) is 123 cm³/mol. The number of anilines is 1. The minimum atomic E-state index is -0.0373. The van der Waals surface area contributed by atoms with Crippen LogP contribution in [0.15, 0.2) is 60.9 Å². The van der Waals surface area contributed by atoms with Crippen LogP contribution in [0, 0.1) is 6.92 Å². The first-order valence-electron chi connectivity index (χ1n) is 9.85. The lowest BCUT2D eigenvalue weighted by Gasteiger charge is -2.20. The van der Waals surface area contributed by atoms with Gasteiger partial charge in [0.1, 0.15) is 21.7 Å². The van der Waals surface area contributed by atoms with Gasteiger partial charge < -0.3 is 9.47 Å². The van der Waals surface area contributed by atoms with E-state index in [4.69, 9.17) is 14.5 Å². The molecule has 158 valence electrons. The number of rotatable bonds is 7. The summed E-state index contributed by atoms with van der Waals surface area (Å²) in [7, 11) is 3.23. The Morgan fingerprint density at radius 2 is 1.74 bits per heavy atom. The van der Waals surface area contributed by atoms with Crippen molar-refractivity contribution in [3.05, 3.63) is 77.6 Å². The number of methoxy groups -OCH3 is 2. The smallest absolute Gasteiger partial charge is 0.233 e. The van der Waals surface area contributed by atoms with Crippen molar-refractivity contribution in [3.8, 4) is 11.5 Å². The van der Waals surface area contributed by atoms with Crippen LogP contribution in [0.2, 0.25) is 0 Å². The van der Waals surface area contributed by atoms with Crippen molar-refractivity contribution in [2.75, 3.05) is 19.1 Å². The highest BCUT2D eigenvalue weighted by Gasteiger charge is 2.23. The molecule has 0 saturated carbocycles. The molecule has 2 heterocycles. The molecule has 1 amide bonds. The summed E-state index contributed by atoms with van der Waals surface area (Å²) in [5.74, 6) is 1.31. The number of pyridine rings is 1. The first kappa shape index (κ1) is 20.8. The average Bonchev–Trinajstić information content (AvgIpc) is 3.24. The maximum Gasteiger partial charge on any atom is 0.233 e. The van der Waals surface area contributed by atoms with Crippen LogP contribution in [-0.4, -0.2) is 30.1 Å². The van der Waals surface area contributed by atoms with Gasteiger partial charge >= 0.3 is 0 Å². The van der Waals surface area contributed by atoms with Crippen LogP contribution in [0.3, 0.4) is 0 Å². The second-order valence-electron chi connectivity index (χ2n) is 7.15. The second kappa shape index (κ2) is 9.14. The maximum atomic E-state index is 13.4. The lowest BCUT2D eigenvalue weighted by Crippen LogP contribution is -2.31. The number of nitrogens with zero attached hydrogens (tertiary/aromatic N) is 3. The molecule has 4 rings (SSSR count). The molecule has 0 aliphatic rings. The molecule has 0 bridgehead atoms. The molecule has 0 N–H and O–H groups in total. The van der Waals surface area contributed by atoms with Gasteiger partial charge in [0.2, 0.25) is 5.91 Å². The van der Waals surface area contributed by atoms with Crippen LogP contribution >= 0.6 is 11.3 Å². The molecule has 7 heteroatoms. The van der Waals surface area contributed by atoms with Crippen LogP contribution in [0.4, 0.5) is 5.13 Å². The maximum absolute atomic E-state index is 13.4. The summed E-state index contributed by atoms with van der Waals surface area (Å²) in [6.07, 6.45) is 3.76. The van der Waals surface area contributed by atoms with Gasteiger partial charge in [0.15, 0.2) is 5.13 Å². The number of carbonyl (C=O) groups is 1. The predicted octanol–water partition coefficient (Wildman–Crippen LogP) is 4.79. The summed E-state index contributed by atoms with van der Waals surface area (Å²) < 4.78 is 11.8. The minimum absolute atomic E-state index is 0.0373. The molecule has 0 unspecified atom stereocenters. The van der Waals surface area contributed by atoms with Crippen LogP contribution in [0.5, 0.6) is 11.5 Å². The molecule has 0 spiro atoms. The van der Waals surface area contributed by atoms with Crippen molar-refractivity contribution in [1.29, 1.82) is 0 Å². The highest BCUT2D eigenvalue weighted by molar-refractivity contribution is 7.22. The van der Waals surface area contributed by atoms with Gasteiger partial charge in [-0.05, 0) is 36.2 Å². The average molecular weight is 434 g/mol. The molecule has 2 aromatic carbocycles. The van der Waals surface area contributed by atoms with E-state index in [1.165, 1.54) is 11.3 Å². The monoisotopic (exact) mass is 433 g/mol. The number of fused-ring (bicyclic) bond motifs is 1. The van der Waals surface area contributed by atoms with Crippen molar-refractivity contribution in [3.63, 3.8) is 0 Å². The molecule has 4 aromatic rings. The molecular weight excluding hydrogens is 410 g/mol. The van der Waals surface area contributed by atoms with E-state index in [0.29, 0.717) is 28.7 Å². The number of carbonyl (C=O) groups excluding carboxylic acids is 1. The highest BCUT2D eigenvalue weighted by atomic mass is 32.1. The molecule has 2 aromatic heterocycles. The summed E-state index contributed by atoms with van der Waals surface area (Å²) in [5, 5.41) is 0.596. The first-order valence-corrected chi connectivity index (χ1v) is 10.7. The Morgan fingerprint density at radius 3 is 2.42 bits per heavy atom. The third-order valence-corrected chi connectivity index (χ3v) is 6.06. The van der Waals surface area contributed by atoms with Gasteiger partial charge in [-0.25, -0.2) is 4.98 Å². The topological polar surface area (TPSA) is 64.6 Å². The van der Waals surface area contributed by atoms with Crippen molar-refractivity contribution in [1.82, 2.24) is 9.97 Å². The summed E-state index contributed by atoms with van der Waals surface area (Å²) in [5.41, 5.74) is 3.73. The van der Waals surface area contributed by atoms with E-state index in [2.05, 4.69) is 4.98 Å². The Bertz CT molecular complexity index is 1150. The zero-order valence-electron chi connectivity index (χ0n) is 17.7. The number of amides is 1. The van der Waals surface area contributed by atoms with Gasteiger partial charge in [0, 0.05) is 12.4 Å². The lowest BCUT2D eigenvalue weighted by atomic mass is 10.1. The lowest BCUT2D eigenvalue weighted by molar-refractivity contribution is -0.118. The zero-order valence-corrected chi connectivity index (χ0v) is 18.5. The van der Waals surface area contributed by atoms with Crippen molar-refractivity contribution >= 4 is 32.6 Å². The summed E-state index contributed by atoms with van der Waals surface area (Å²) in [6, 6.07) is 15.5. The summed E-state index contributed by atoms with van der Waals surface area (Å²) in [6.45, 7) is 2.41. The van der Waals surface area contributed by atoms with Gasteiger partial charge in [-0.1, -0.05) is 47.2 Å². The number of hydrogen-bond acceptors (Lipinski definition) is 6.